The molecule has 1 fully saturated rings. The standard InChI is InChI=1S/C12H16BrNO/c1-9(15)12-10(13)5-4-6-11(12)14-7-2-3-8-14/h4-6,9,15H,2-3,7-8H2,1H3. The summed E-state index contributed by atoms with van der Waals surface area (Å²) in [6.45, 7) is 4.03. The number of rotatable bonds is 2. The number of hydrogen-bond donors (Lipinski definition) is 1. The molecule has 1 heterocycles. The van der Waals surface area contributed by atoms with Gasteiger partial charge < -0.3 is 10.0 Å². The molecule has 1 atom stereocenters. The molecule has 0 spiro atoms. The van der Waals surface area contributed by atoms with Crippen molar-refractivity contribution in [2.75, 3.05) is 18.0 Å². The van der Waals surface area contributed by atoms with E-state index >= 15 is 0 Å². The predicted molar refractivity (Wildman–Crippen MR) is 66.2 cm³/mol. The van der Waals surface area contributed by atoms with Gasteiger partial charge in [0, 0.05) is 28.8 Å². The average Bonchev–Trinajstić information content (AvgIpc) is 2.69. The smallest absolute Gasteiger partial charge is 0.0793 e. The Hall–Kier alpha value is -0.540. The maximum absolute atomic E-state index is 9.79. The number of aliphatic hydroxyl groups excluding tert-OH is 1. The number of halogens is 1. The second-order valence-electron chi connectivity index (χ2n) is 4.04. The van der Waals surface area contributed by atoms with Crippen LogP contribution in [0.2, 0.25) is 0 Å². The summed E-state index contributed by atoms with van der Waals surface area (Å²) in [5.41, 5.74) is 2.19. The lowest BCUT2D eigenvalue weighted by Gasteiger charge is -2.23. The van der Waals surface area contributed by atoms with E-state index in [2.05, 4.69) is 26.9 Å². The molecule has 1 aromatic rings. The number of hydrogen-bond acceptors (Lipinski definition) is 2. The molecule has 2 rings (SSSR count). The Morgan fingerprint density at radius 3 is 2.60 bits per heavy atom. The first-order valence-corrected chi connectivity index (χ1v) is 6.21. The van der Waals surface area contributed by atoms with Gasteiger partial charge >= 0.3 is 0 Å². The van der Waals surface area contributed by atoms with Gasteiger partial charge in [-0.2, -0.15) is 0 Å². The van der Waals surface area contributed by atoms with Crippen LogP contribution in [-0.4, -0.2) is 18.2 Å². The Labute approximate surface area is 99.0 Å². The molecule has 0 saturated carbocycles. The molecular weight excluding hydrogens is 254 g/mol. The van der Waals surface area contributed by atoms with Gasteiger partial charge in [0.2, 0.25) is 0 Å². The van der Waals surface area contributed by atoms with Crippen LogP contribution in [0.1, 0.15) is 31.4 Å². The first-order valence-electron chi connectivity index (χ1n) is 5.41. The maximum atomic E-state index is 9.79. The largest absolute Gasteiger partial charge is 0.389 e. The van der Waals surface area contributed by atoms with E-state index in [1.807, 2.05) is 19.1 Å². The lowest BCUT2D eigenvalue weighted by Crippen LogP contribution is -2.20. The highest BCUT2D eigenvalue weighted by Gasteiger charge is 2.19. The zero-order valence-corrected chi connectivity index (χ0v) is 10.5. The molecule has 0 aromatic heterocycles. The average molecular weight is 270 g/mol. The summed E-state index contributed by atoms with van der Waals surface area (Å²) in [5, 5.41) is 9.79. The van der Waals surface area contributed by atoms with Crippen LogP contribution in [0.4, 0.5) is 5.69 Å². The monoisotopic (exact) mass is 269 g/mol. The molecule has 1 aliphatic rings. The molecule has 1 aromatic carbocycles. The van der Waals surface area contributed by atoms with E-state index in [0.29, 0.717) is 0 Å². The summed E-state index contributed by atoms with van der Waals surface area (Å²) in [6, 6.07) is 6.11. The predicted octanol–water partition coefficient (Wildman–Crippen LogP) is 3.10. The van der Waals surface area contributed by atoms with E-state index in [0.717, 1.165) is 23.1 Å². The summed E-state index contributed by atoms with van der Waals surface area (Å²) in [7, 11) is 0. The van der Waals surface area contributed by atoms with Gasteiger partial charge in [0.05, 0.1) is 6.10 Å². The van der Waals surface area contributed by atoms with Crippen molar-refractivity contribution in [3.63, 3.8) is 0 Å². The zero-order valence-electron chi connectivity index (χ0n) is 8.91. The molecule has 15 heavy (non-hydrogen) atoms. The SMILES string of the molecule is CC(O)c1c(Br)cccc1N1CCCC1. The van der Waals surface area contributed by atoms with Crippen molar-refractivity contribution in [1.82, 2.24) is 0 Å². The fourth-order valence-electron chi connectivity index (χ4n) is 2.17. The third-order valence-corrected chi connectivity index (χ3v) is 3.59. The van der Waals surface area contributed by atoms with Gasteiger partial charge in [0.15, 0.2) is 0 Å². The first kappa shape index (κ1) is 11.0. The fourth-order valence-corrected chi connectivity index (χ4v) is 2.86. The lowest BCUT2D eigenvalue weighted by atomic mass is 10.1. The van der Waals surface area contributed by atoms with Crippen molar-refractivity contribution in [3.8, 4) is 0 Å². The van der Waals surface area contributed by atoms with E-state index in [-0.39, 0.29) is 0 Å². The van der Waals surface area contributed by atoms with Crippen LogP contribution in [0.3, 0.4) is 0 Å². The highest BCUT2D eigenvalue weighted by atomic mass is 79.9. The summed E-state index contributed by atoms with van der Waals surface area (Å²) in [5.74, 6) is 0. The molecule has 1 N–H and O–H groups in total. The molecule has 0 bridgehead atoms. The highest BCUT2D eigenvalue weighted by molar-refractivity contribution is 9.10. The minimum atomic E-state index is -0.420. The number of benzene rings is 1. The van der Waals surface area contributed by atoms with E-state index in [1.54, 1.807) is 0 Å². The molecule has 1 saturated heterocycles. The molecule has 2 nitrogen and oxygen atoms in total. The van der Waals surface area contributed by atoms with Crippen molar-refractivity contribution in [2.24, 2.45) is 0 Å². The normalized spacial score (nSPS) is 18.2. The van der Waals surface area contributed by atoms with Crippen molar-refractivity contribution in [3.05, 3.63) is 28.2 Å². The number of anilines is 1. The van der Waals surface area contributed by atoms with E-state index in [9.17, 15) is 5.11 Å². The molecule has 1 unspecified atom stereocenters. The second-order valence-corrected chi connectivity index (χ2v) is 4.90. The molecule has 0 radical (unpaired) electrons. The van der Waals surface area contributed by atoms with Gasteiger partial charge in [-0.05, 0) is 31.9 Å². The molecule has 0 amide bonds. The van der Waals surface area contributed by atoms with E-state index < -0.39 is 6.10 Å². The van der Waals surface area contributed by atoms with E-state index in [4.69, 9.17) is 0 Å². The van der Waals surface area contributed by atoms with Gasteiger partial charge in [-0.1, -0.05) is 22.0 Å². The lowest BCUT2D eigenvalue weighted by molar-refractivity contribution is 0.199. The Balaban J connectivity index is 2.40. The van der Waals surface area contributed by atoms with Crippen LogP contribution < -0.4 is 4.90 Å². The van der Waals surface area contributed by atoms with Crippen molar-refractivity contribution >= 4 is 21.6 Å². The Kier molecular flexibility index (Phi) is 3.32. The van der Waals surface area contributed by atoms with Crippen LogP contribution in [0.25, 0.3) is 0 Å². The van der Waals surface area contributed by atoms with Crippen molar-refractivity contribution < 1.29 is 5.11 Å². The Morgan fingerprint density at radius 2 is 2.00 bits per heavy atom. The number of aliphatic hydroxyl groups is 1. The Bertz CT molecular complexity index is 345. The minimum Gasteiger partial charge on any atom is -0.389 e. The first-order chi connectivity index (χ1) is 7.20. The van der Waals surface area contributed by atoms with E-state index in [1.165, 1.54) is 18.5 Å². The van der Waals surface area contributed by atoms with Gasteiger partial charge in [-0.3, -0.25) is 0 Å². The van der Waals surface area contributed by atoms with Crippen molar-refractivity contribution in [1.29, 1.82) is 0 Å². The topological polar surface area (TPSA) is 23.5 Å². The molecule has 82 valence electrons. The summed E-state index contributed by atoms with van der Waals surface area (Å²) < 4.78 is 1.00. The van der Waals surface area contributed by atoms with Crippen LogP contribution in [0.5, 0.6) is 0 Å². The maximum Gasteiger partial charge on any atom is 0.0793 e. The third-order valence-electron chi connectivity index (χ3n) is 2.89. The molecular formula is C12H16BrNO. The van der Waals surface area contributed by atoms with Gasteiger partial charge in [-0.15, -0.1) is 0 Å². The minimum absolute atomic E-state index is 0.420. The summed E-state index contributed by atoms with van der Waals surface area (Å²) in [6.07, 6.45) is 2.09. The molecule has 3 heteroatoms. The summed E-state index contributed by atoms with van der Waals surface area (Å²) in [4.78, 5) is 2.35. The third kappa shape index (κ3) is 2.18. The fraction of sp³-hybridized carbons (Fsp3) is 0.500. The second kappa shape index (κ2) is 4.54. The number of nitrogens with zero attached hydrogens (tertiary/aromatic N) is 1. The van der Waals surface area contributed by atoms with Crippen LogP contribution in [0.15, 0.2) is 22.7 Å². The van der Waals surface area contributed by atoms with Crippen molar-refractivity contribution in [2.45, 2.75) is 25.9 Å². The molecule has 1 aliphatic heterocycles. The quantitative estimate of drug-likeness (QED) is 0.892. The zero-order chi connectivity index (χ0) is 10.8. The van der Waals surface area contributed by atoms with Crippen LogP contribution in [0, 0.1) is 0 Å². The van der Waals surface area contributed by atoms with Crippen LogP contribution >= 0.6 is 15.9 Å². The van der Waals surface area contributed by atoms with Gasteiger partial charge in [-0.25, -0.2) is 0 Å². The molecule has 0 aliphatic carbocycles. The Morgan fingerprint density at radius 1 is 1.33 bits per heavy atom. The van der Waals surface area contributed by atoms with Crippen LogP contribution in [-0.2, 0) is 0 Å². The highest BCUT2D eigenvalue weighted by Crippen LogP contribution is 2.34. The van der Waals surface area contributed by atoms with Gasteiger partial charge in [0.25, 0.3) is 0 Å². The summed E-state index contributed by atoms with van der Waals surface area (Å²) >= 11 is 3.51. The van der Waals surface area contributed by atoms with Gasteiger partial charge in [0.1, 0.15) is 0 Å².